The van der Waals surface area contributed by atoms with E-state index < -0.39 is 11.5 Å². The molecule has 2 N–H and O–H groups in total. The van der Waals surface area contributed by atoms with E-state index in [0.29, 0.717) is 23.4 Å². The Balaban J connectivity index is 2.22. The van der Waals surface area contributed by atoms with Crippen LogP contribution in [0.4, 0.5) is 0 Å². The van der Waals surface area contributed by atoms with Crippen LogP contribution in [0.2, 0.25) is 10.0 Å². The van der Waals surface area contributed by atoms with Crippen molar-refractivity contribution >= 4 is 46.8 Å². The van der Waals surface area contributed by atoms with Crippen molar-refractivity contribution in [3.63, 3.8) is 0 Å². The monoisotopic (exact) mass is 347 g/mol. The first-order chi connectivity index (χ1) is 9.87. The van der Waals surface area contributed by atoms with Crippen LogP contribution < -0.4 is 5.32 Å². The summed E-state index contributed by atoms with van der Waals surface area (Å²) in [6, 6.07) is 3.17. The van der Waals surface area contributed by atoms with Gasteiger partial charge in [0, 0.05) is 4.90 Å². The van der Waals surface area contributed by atoms with Gasteiger partial charge in [0.2, 0.25) is 0 Å². The van der Waals surface area contributed by atoms with E-state index in [-0.39, 0.29) is 17.4 Å². The van der Waals surface area contributed by atoms with Gasteiger partial charge in [-0.1, -0.05) is 23.2 Å². The van der Waals surface area contributed by atoms with E-state index in [1.807, 2.05) is 6.26 Å². The zero-order chi connectivity index (χ0) is 15.6. The topological polar surface area (TPSA) is 66.4 Å². The SMILES string of the molecule is CSc1cc(C(=O)NC2(CC(=O)O)CCC2)c(Cl)cc1Cl. The molecule has 1 aliphatic carbocycles. The maximum atomic E-state index is 12.4. The molecule has 21 heavy (non-hydrogen) atoms. The molecule has 0 unspecified atom stereocenters. The quantitative estimate of drug-likeness (QED) is 0.794. The summed E-state index contributed by atoms with van der Waals surface area (Å²) in [5.74, 6) is -1.27. The molecule has 1 fully saturated rings. The van der Waals surface area contributed by atoms with Gasteiger partial charge in [0.05, 0.1) is 27.6 Å². The van der Waals surface area contributed by atoms with Crippen LogP contribution in [0, 0.1) is 0 Å². The van der Waals surface area contributed by atoms with E-state index in [1.165, 1.54) is 17.8 Å². The molecule has 114 valence electrons. The second-order valence-corrected chi connectivity index (χ2v) is 6.79. The average Bonchev–Trinajstić information content (AvgIpc) is 2.35. The molecule has 1 aromatic rings. The molecular formula is C14H15Cl2NO3S. The fraction of sp³-hybridized carbons (Fsp3) is 0.429. The van der Waals surface area contributed by atoms with Gasteiger partial charge in [-0.15, -0.1) is 11.8 Å². The van der Waals surface area contributed by atoms with E-state index in [0.717, 1.165) is 11.3 Å². The van der Waals surface area contributed by atoms with Gasteiger partial charge in [-0.3, -0.25) is 9.59 Å². The van der Waals surface area contributed by atoms with Crippen molar-refractivity contribution in [1.82, 2.24) is 5.32 Å². The number of rotatable bonds is 5. The molecule has 1 aromatic carbocycles. The van der Waals surface area contributed by atoms with Crippen LogP contribution in [-0.4, -0.2) is 28.8 Å². The summed E-state index contributed by atoms with van der Waals surface area (Å²) in [6.45, 7) is 0. The number of amides is 1. The summed E-state index contributed by atoms with van der Waals surface area (Å²) >= 11 is 13.5. The second kappa shape index (κ2) is 6.46. The third-order valence-electron chi connectivity index (χ3n) is 3.67. The second-order valence-electron chi connectivity index (χ2n) is 5.13. The third kappa shape index (κ3) is 3.65. The van der Waals surface area contributed by atoms with Crippen molar-refractivity contribution in [3.05, 3.63) is 27.7 Å². The number of carboxylic acids is 1. The van der Waals surface area contributed by atoms with Crippen molar-refractivity contribution in [3.8, 4) is 0 Å². The minimum Gasteiger partial charge on any atom is -0.481 e. The van der Waals surface area contributed by atoms with Gasteiger partial charge >= 0.3 is 5.97 Å². The lowest BCUT2D eigenvalue weighted by molar-refractivity contribution is -0.139. The summed E-state index contributed by atoms with van der Waals surface area (Å²) in [6.07, 6.45) is 4.04. The highest BCUT2D eigenvalue weighted by atomic mass is 35.5. The number of hydrogen-bond acceptors (Lipinski definition) is 3. The smallest absolute Gasteiger partial charge is 0.305 e. The molecule has 1 aliphatic rings. The molecule has 0 heterocycles. The molecular weight excluding hydrogens is 333 g/mol. The van der Waals surface area contributed by atoms with Gasteiger partial charge < -0.3 is 10.4 Å². The first kappa shape index (κ1) is 16.5. The molecule has 0 aromatic heterocycles. The van der Waals surface area contributed by atoms with Crippen molar-refractivity contribution in [1.29, 1.82) is 0 Å². The number of aliphatic carboxylic acids is 1. The fourth-order valence-electron chi connectivity index (χ4n) is 2.41. The van der Waals surface area contributed by atoms with Crippen LogP contribution in [0.3, 0.4) is 0 Å². The predicted octanol–water partition coefficient (Wildman–Crippen LogP) is 3.84. The first-order valence-corrected chi connectivity index (χ1v) is 8.42. The van der Waals surface area contributed by atoms with Crippen molar-refractivity contribution < 1.29 is 14.7 Å². The first-order valence-electron chi connectivity index (χ1n) is 6.44. The molecule has 0 spiro atoms. The number of carboxylic acid groups (broad SMARTS) is 1. The Morgan fingerprint density at radius 3 is 2.48 bits per heavy atom. The van der Waals surface area contributed by atoms with E-state index >= 15 is 0 Å². The zero-order valence-electron chi connectivity index (χ0n) is 11.4. The van der Waals surface area contributed by atoms with Gasteiger partial charge in [-0.05, 0) is 37.7 Å². The molecule has 2 rings (SSSR count). The third-order valence-corrected chi connectivity index (χ3v) is 5.18. The van der Waals surface area contributed by atoms with Gasteiger partial charge in [0.1, 0.15) is 0 Å². The molecule has 0 radical (unpaired) electrons. The highest BCUT2D eigenvalue weighted by Gasteiger charge is 2.40. The number of benzene rings is 1. The summed E-state index contributed by atoms with van der Waals surface area (Å²) in [5.41, 5.74) is -0.326. The Morgan fingerprint density at radius 2 is 2.00 bits per heavy atom. The van der Waals surface area contributed by atoms with Crippen LogP contribution in [0.5, 0.6) is 0 Å². The molecule has 1 saturated carbocycles. The van der Waals surface area contributed by atoms with Crippen molar-refractivity contribution in [2.75, 3.05) is 6.26 Å². The van der Waals surface area contributed by atoms with E-state index in [2.05, 4.69) is 5.32 Å². The van der Waals surface area contributed by atoms with Gasteiger partial charge in [-0.25, -0.2) is 0 Å². The predicted molar refractivity (Wildman–Crippen MR) is 84.5 cm³/mol. The highest BCUT2D eigenvalue weighted by molar-refractivity contribution is 7.98. The maximum Gasteiger partial charge on any atom is 0.305 e. The molecule has 0 atom stereocenters. The van der Waals surface area contributed by atoms with E-state index in [9.17, 15) is 9.59 Å². The summed E-state index contributed by atoms with van der Waals surface area (Å²) in [7, 11) is 0. The Labute approximate surface area is 137 Å². The van der Waals surface area contributed by atoms with Crippen LogP contribution >= 0.6 is 35.0 Å². The van der Waals surface area contributed by atoms with Gasteiger partial charge in [0.15, 0.2) is 0 Å². The molecule has 0 bridgehead atoms. The largest absolute Gasteiger partial charge is 0.481 e. The Morgan fingerprint density at radius 1 is 1.33 bits per heavy atom. The molecule has 0 aliphatic heterocycles. The highest BCUT2D eigenvalue weighted by Crippen LogP contribution is 2.36. The van der Waals surface area contributed by atoms with Crippen molar-refractivity contribution in [2.24, 2.45) is 0 Å². The Hall–Kier alpha value is -0.910. The lowest BCUT2D eigenvalue weighted by atomic mass is 9.74. The molecule has 4 nitrogen and oxygen atoms in total. The van der Waals surface area contributed by atoms with Crippen LogP contribution in [0.1, 0.15) is 36.0 Å². The minimum absolute atomic E-state index is 0.0701. The summed E-state index contributed by atoms with van der Waals surface area (Å²) in [4.78, 5) is 24.1. The van der Waals surface area contributed by atoms with E-state index in [4.69, 9.17) is 28.3 Å². The van der Waals surface area contributed by atoms with Crippen LogP contribution in [0.25, 0.3) is 0 Å². The molecule has 0 saturated heterocycles. The van der Waals surface area contributed by atoms with E-state index in [1.54, 1.807) is 6.07 Å². The Bertz CT molecular complexity index is 588. The lowest BCUT2D eigenvalue weighted by Gasteiger charge is -2.41. The van der Waals surface area contributed by atoms with Gasteiger partial charge in [0.25, 0.3) is 5.91 Å². The summed E-state index contributed by atoms with van der Waals surface area (Å²) < 4.78 is 0. The number of hydrogen-bond donors (Lipinski definition) is 2. The number of thioether (sulfide) groups is 1. The summed E-state index contributed by atoms with van der Waals surface area (Å²) in [5, 5.41) is 12.6. The number of nitrogens with one attached hydrogen (secondary N) is 1. The number of halogens is 2. The maximum absolute atomic E-state index is 12.4. The number of carbonyl (C=O) groups excluding carboxylic acids is 1. The minimum atomic E-state index is -0.915. The van der Waals surface area contributed by atoms with Gasteiger partial charge in [-0.2, -0.15) is 0 Å². The molecule has 7 heteroatoms. The lowest BCUT2D eigenvalue weighted by Crippen LogP contribution is -2.54. The fourth-order valence-corrected chi connectivity index (χ4v) is 3.60. The molecule has 1 amide bonds. The van der Waals surface area contributed by atoms with Crippen LogP contribution in [-0.2, 0) is 4.79 Å². The number of carbonyl (C=O) groups is 2. The average molecular weight is 348 g/mol. The van der Waals surface area contributed by atoms with Crippen LogP contribution in [0.15, 0.2) is 17.0 Å². The van der Waals surface area contributed by atoms with Crippen molar-refractivity contribution in [2.45, 2.75) is 36.1 Å². The zero-order valence-corrected chi connectivity index (χ0v) is 13.7. The normalized spacial score (nSPS) is 16.1. The standard InChI is InChI=1S/C14H15Cl2NO3S/c1-21-11-5-8(9(15)6-10(11)16)13(20)17-14(3-2-4-14)7-12(18)19/h5-6H,2-4,7H2,1H3,(H,17,20)(H,18,19). The Kier molecular flexibility index (Phi) is 5.07.